The van der Waals surface area contributed by atoms with Gasteiger partial charge in [-0.25, -0.2) is 9.50 Å². The molecule has 0 radical (unpaired) electrons. The average molecular weight is 215 g/mol. The van der Waals surface area contributed by atoms with Crippen molar-refractivity contribution in [3.05, 3.63) is 41.5 Å². The summed E-state index contributed by atoms with van der Waals surface area (Å²) in [4.78, 5) is 5.39. The van der Waals surface area contributed by atoms with Crippen molar-refractivity contribution >= 4 is 17.0 Å². The maximum Gasteiger partial charge on any atom is 0.153 e. The molecular weight excluding hydrogens is 206 g/mol. The second-order valence-corrected chi connectivity index (χ2v) is 4.30. The largest absolute Gasteiger partial charge is 0.236 e. The van der Waals surface area contributed by atoms with Gasteiger partial charge in [0.25, 0.3) is 0 Å². The molecule has 0 fully saturated rings. The van der Waals surface area contributed by atoms with Crippen molar-refractivity contribution in [2.45, 2.75) is 6.92 Å². The third-order valence-corrected chi connectivity index (χ3v) is 3.39. The van der Waals surface area contributed by atoms with E-state index in [1.807, 2.05) is 18.3 Å². The van der Waals surface area contributed by atoms with Crippen LogP contribution in [0.3, 0.4) is 0 Å². The summed E-state index contributed by atoms with van der Waals surface area (Å²) in [5.41, 5.74) is 3.16. The van der Waals surface area contributed by atoms with Crippen LogP contribution in [0, 0.1) is 6.92 Å². The number of rotatable bonds is 1. The fourth-order valence-corrected chi connectivity index (χ4v) is 2.46. The Morgan fingerprint density at radius 3 is 3.00 bits per heavy atom. The topological polar surface area (TPSA) is 30.2 Å². The van der Waals surface area contributed by atoms with E-state index in [1.54, 1.807) is 22.0 Å². The van der Waals surface area contributed by atoms with E-state index in [1.165, 1.54) is 10.4 Å². The van der Waals surface area contributed by atoms with Gasteiger partial charge in [-0.15, -0.1) is 11.3 Å². The van der Waals surface area contributed by atoms with Gasteiger partial charge in [-0.3, -0.25) is 0 Å². The van der Waals surface area contributed by atoms with Gasteiger partial charge in [-0.2, -0.15) is 5.10 Å². The molecule has 0 spiro atoms. The van der Waals surface area contributed by atoms with Gasteiger partial charge in [-0.05, 0) is 36.1 Å². The lowest BCUT2D eigenvalue weighted by atomic mass is 10.2. The molecule has 0 aliphatic carbocycles. The van der Waals surface area contributed by atoms with Gasteiger partial charge < -0.3 is 0 Å². The van der Waals surface area contributed by atoms with Gasteiger partial charge in [0.05, 0.1) is 4.88 Å². The molecule has 74 valence electrons. The number of aromatic nitrogens is 3. The lowest BCUT2D eigenvalue weighted by Crippen LogP contribution is -1.92. The molecule has 4 heteroatoms. The fourth-order valence-electron chi connectivity index (χ4n) is 1.57. The van der Waals surface area contributed by atoms with Crippen LogP contribution in [-0.4, -0.2) is 14.6 Å². The molecule has 0 saturated heterocycles. The molecule has 3 heterocycles. The number of aryl methyl sites for hydroxylation is 1. The quantitative estimate of drug-likeness (QED) is 0.624. The smallest absolute Gasteiger partial charge is 0.153 e. The van der Waals surface area contributed by atoms with E-state index in [4.69, 9.17) is 0 Å². The van der Waals surface area contributed by atoms with Crippen LogP contribution in [0.5, 0.6) is 0 Å². The van der Waals surface area contributed by atoms with E-state index in [2.05, 4.69) is 28.5 Å². The summed E-state index contributed by atoms with van der Waals surface area (Å²) in [6, 6.07) is 6.11. The molecule has 0 bridgehead atoms. The summed E-state index contributed by atoms with van der Waals surface area (Å²) >= 11 is 1.72. The van der Waals surface area contributed by atoms with Gasteiger partial charge in [0.15, 0.2) is 5.65 Å². The first kappa shape index (κ1) is 8.61. The van der Waals surface area contributed by atoms with Crippen molar-refractivity contribution in [3.63, 3.8) is 0 Å². The Kier molecular flexibility index (Phi) is 1.82. The predicted octanol–water partition coefficient (Wildman–Crippen LogP) is 2.77. The summed E-state index contributed by atoms with van der Waals surface area (Å²) in [7, 11) is 0. The molecule has 0 aliphatic rings. The minimum atomic E-state index is 0.882. The van der Waals surface area contributed by atoms with Crippen LogP contribution in [0.2, 0.25) is 0 Å². The number of fused-ring (bicyclic) bond motifs is 1. The van der Waals surface area contributed by atoms with Crippen molar-refractivity contribution < 1.29 is 0 Å². The lowest BCUT2D eigenvalue weighted by Gasteiger charge is -1.99. The third-order valence-electron chi connectivity index (χ3n) is 2.35. The Hall–Kier alpha value is -1.68. The molecule has 0 unspecified atom stereocenters. The molecule has 0 N–H and O–H groups in total. The van der Waals surface area contributed by atoms with Gasteiger partial charge in [-0.1, -0.05) is 0 Å². The Morgan fingerprint density at radius 1 is 1.27 bits per heavy atom. The van der Waals surface area contributed by atoms with Crippen molar-refractivity contribution in [2.75, 3.05) is 0 Å². The van der Waals surface area contributed by atoms with Crippen LogP contribution in [-0.2, 0) is 0 Å². The highest BCUT2D eigenvalue weighted by Crippen LogP contribution is 2.26. The minimum absolute atomic E-state index is 0.882. The first-order valence-electron chi connectivity index (χ1n) is 4.69. The Balaban J connectivity index is 2.23. The molecule has 15 heavy (non-hydrogen) atoms. The van der Waals surface area contributed by atoms with Crippen LogP contribution >= 0.6 is 11.3 Å². The first-order chi connectivity index (χ1) is 7.34. The molecule has 3 rings (SSSR count). The van der Waals surface area contributed by atoms with E-state index in [9.17, 15) is 0 Å². The molecule has 0 aliphatic heterocycles. The molecular formula is C11H9N3S. The third kappa shape index (κ3) is 1.34. The van der Waals surface area contributed by atoms with E-state index in [0.717, 1.165) is 11.3 Å². The van der Waals surface area contributed by atoms with Gasteiger partial charge in [0.2, 0.25) is 0 Å². The highest BCUT2D eigenvalue weighted by molar-refractivity contribution is 7.13. The van der Waals surface area contributed by atoms with Crippen LogP contribution in [0.4, 0.5) is 0 Å². The maximum absolute atomic E-state index is 4.50. The number of hydrogen-bond acceptors (Lipinski definition) is 3. The van der Waals surface area contributed by atoms with Crippen LogP contribution in [0.25, 0.3) is 16.2 Å². The standard InChI is InChI=1S/C11H9N3S/c1-8-4-7-15-11(8)9-2-3-10-12-5-6-14(10)13-9/h2-7H,1H3. The molecule has 3 aromatic heterocycles. The number of nitrogens with zero attached hydrogens (tertiary/aromatic N) is 3. The number of imidazole rings is 1. The van der Waals surface area contributed by atoms with Crippen molar-refractivity contribution in [3.8, 4) is 10.6 Å². The van der Waals surface area contributed by atoms with Crippen molar-refractivity contribution in [1.29, 1.82) is 0 Å². The zero-order chi connectivity index (χ0) is 10.3. The second-order valence-electron chi connectivity index (χ2n) is 3.38. The zero-order valence-corrected chi connectivity index (χ0v) is 9.03. The summed E-state index contributed by atoms with van der Waals surface area (Å²) in [5.74, 6) is 0. The minimum Gasteiger partial charge on any atom is -0.236 e. The van der Waals surface area contributed by atoms with Crippen LogP contribution < -0.4 is 0 Å². The molecule has 0 amide bonds. The normalized spacial score (nSPS) is 11.0. The SMILES string of the molecule is Cc1ccsc1-c1ccc2nccn2n1. The van der Waals surface area contributed by atoms with Gasteiger partial charge in [0.1, 0.15) is 5.69 Å². The first-order valence-corrected chi connectivity index (χ1v) is 5.57. The maximum atomic E-state index is 4.50. The van der Waals surface area contributed by atoms with Crippen molar-refractivity contribution in [2.24, 2.45) is 0 Å². The summed E-state index contributed by atoms with van der Waals surface area (Å²) in [6.07, 6.45) is 3.62. The number of thiophene rings is 1. The molecule has 3 aromatic rings. The summed E-state index contributed by atoms with van der Waals surface area (Å²) in [5, 5.41) is 6.59. The Bertz CT molecular complexity index is 609. The predicted molar refractivity (Wildman–Crippen MR) is 61.0 cm³/mol. The molecule has 0 atom stereocenters. The fraction of sp³-hybridized carbons (Fsp3) is 0.0909. The van der Waals surface area contributed by atoms with Crippen LogP contribution in [0.1, 0.15) is 5.56 Å². The van der Waals surface area contributed by atoms with Crippen molar-refractivity contribution in [1.82, 2.24) is 14.6 Å². The molecule has 0 saturated carbocycles. The molecule has 3 nitrogen and oxygen atoms in total. The highest BCUT2D eigenvalue weighted by atomic mass is 32.1. The number of hydrogen-bond donors (Lipinski definition) is 0. The Labute approximate surface area is 91.0 Å². The van der Waals surface area contributed by atoms with E-state index in [-0.39, 0.29) is 0 Å². The monoisotopic (exact) mass is 215 g/mol. The van der Waals surface area contributed by atoms with Gasteiger partial charge in [0, 0.05) is 12.4 Å². The molecule has 0 aromatic carbocycles. The second kappa shape index (κ2) is 3.17. The van der Waals surface area contributed by atoms with E-state index >= 15 is 0 Å². The summed E-state index contributed by atoms with van der Waals surface area (Å²) in [6.45, 7) is 2.10. The van der Waals surface area contributed by atoms with Gasteiger partial charge >= 0.3 is 0 Å². The average Bonchev–Trinajstić information content (AvgIpc) is 2.84. The summed E-state index contributed by atoms with van der Waals surface area (Å²) < 4.78 is 1.80. The van der Waals surface area contributed by atoms with E-state index in [0.29, 0.717) is 0 Å². The highest BCUT2D eigenvalue weighted by Gasteiger charge is 2.05. The van der Waals surface area contributed by atoms with E-state index < -0.39 is 0 Å². The zero-order valence-electron chi connectivity index (χ0n) is 8.21. The Morgan fingerprint density at radius 2 is 2.20 bits per heavy atom. The lowest BCUT2D eigenvalue weighted by molar-refractivity contribution is 0.943. The van der Waals surface area contributed by atoms with Crippen LogP contribution in [0.15, 0.2) is 36.0 Å².